The smallest absolute Gasteiger partial charge is 0.246 e. The van der Waals surface area contributed by atoms with E-state index in [-0.39, 0.29) is 5.91 Å². The van der Waals surface area contributed by atoms with Gasteiger partial charge in [-0.15, -0.1) is 0 Å². The predicted octanol–water partition coefficient (Wildman–Crippen LogP) is 1.42. The van der Waals surface area contributed by atoms with Crippen molar-refractivity contribution < 1.29 is 4.79 Å². The highest BCUT2D eigenvalue weighted by atomic mass is 16.1. The Kier molecular flexibility index (Phi) is 4.82. The molecule has 0 aliphatic rings. The molecule has 0 fully saturated rings. The van der Waals surface area contributed by atoms with Gasteiger partial charge in [-0.25, -0.2) is 0 Å². The third-order valence-electron chi connectivity index (χ3n) is 1.18. The maximum atomic E-state index is 10.9. The highest BCUT2D eigenvalue weighted by molar-refractivity contribution is 5.92. The Balaban J connectivity index is 4.10. The van der Waals surface area contributed by atoms with Gasteiger partial charge in [-0.2, -0.15) is 0 Å². The van der Waals surface area contributed by atoms with Gasteiger partial charge in [0, 0.05) is 12.6 Å². The molecule has 0 aliphatic heterocycles. The molecule has 11 heavy (non-hydrogen) atoms. The van der Waals surface area contributed by atoms with Gasteiger partial charge in [0.2, 0.25) is 5.91 Å². The van der Waals surface area contributed by atoms with Crippen molar-refractivity contribution in [2.45, 2.75) is 6.92 Å². The van der Waals surface area contributed by atoms with Gasteiger partial charge in [0.05, 0.1) is 0 Å². The molecule has 2 heteroatoms. The van der Waals surface area contributed by atoms with Crippen molar-refractivity contribution >= 4 is 5.91 Å². The van der Waals surface area contributed by atoms with Crippen molar-refractivity contribution in [2.75, 3.05) is 7.05 Å². The third kappa shape index (κ3) is 4.14. The van der Waals surface area contributed by atoms with Crippen molar-refractivity contribution in [1.29, 1.82) is 0 Å². The van der Waals surface area contributed by atoms with Gasteiger partial charge < -0.3 is 5.32 Å². The fourth-order valence-electron chi connectivity index (χ4n) is 0.551. The Morgan fingerprint density at radius 3 is 2.55 bits per heavy atom. The van der Waals surface area contributed by atoms with Crippen LogP contribution in [0, 0.1) is 0 Å². The Bertz CT molecular complexity index is 202. The minimum Gasteiger partial charge on any atom is -0.355 e. The number of likely N-dealkylation sites (N-methyl/N-ethyl adjacent to an activating group) is 1. The van der Waals surface area contributed by atoms with E-state index in [1.165, 1.54) is 0 Å². The molecule has 0 saturated heterocycles. The van der Waals surface area contributed by atoms with Crippen molar-refractivity contribution in [2.24, 2.45) is 0 Å². The summed E-state index contributed by atoms with van der Waals surface area (Å²) in [6.07, 6.45) is 6.94. The van der Waals surface area contributed by atoms with Gasteiger partial charge in [-0.3, -0.25) is 4.79 Å². The molecule has 0 spiro atoms. The van der Waals surface area contributed by atoms with Crippen molar-refractivity contribution in [3.63, 3.8) is 0 Å². The Morgan fingerprint density at radius 2 is 2.09 bits per heavy atom. The lowest BCUT2D eigenvalue weighted by Gasteiger charge is -1.95. The number of allylic oxidation sites excluding steroid dienone is 4. The maximum Gasteiger partial charge on any atom is 0.246 e. The van der Waals surface area contributed by atoms with Crippen LogP contribution in [-0.2, 0) is 4.79 Å². The molecule has 0 atom stereocenters. The molecule has 0 saturated carbocycles. The van der Waals surface area contributed by atoms with Gasteiger partial charge in [0.15, 0.2) is 0 Å². The first-order valence-electron chi connectivity index (χ1n) is 3.40. The van der Waals surface area contributed by atoms with Crippen LogP contribution in [0.4, 0.5) is 0 Å². The van der Waals surface area contributed by atoms with Gasteiger partial charge >= 0.3 is 0 Å². The number of hydrogen-bond donors (Lipinski definition) is 1. The van der Waals surface area contributed by atoms with Crippen LogP contribution >= 0.6 is 0 Å². The van der Waals surface area contributed by atoms with Crippen LogP contribution in [0.2, 0.25) is 0 Å². The second-order valence-electron chi connectivity index (χ2n) is 2.05. The molecule has 0 heterocycles. The van der Waals surface area contributed by atoms with E-state index in [0.717, 1.165) is 0 Å². The van der Waals surface area contributed by atoms with E-state index in [1.54, 1.807) is 38.3 Å². The zero-order chi connectivity index (χ0) is 8.69. The number of carbonyl (C=O) groups is 1. The number of rotatable bonds is 3. The molecule has 0 aromatic carbocycles. The predicted molar refractivity (Wildman–Crippen MR) is 47.2 cm³/mol. The molecule has 2 nitrogen and oxygen atoms in total. The van der Waals surface area contributed by atoms with Gasteiger partial charge in [-0.1, -0.05) is 30.9 Å². The molecule has 0 aromatic rings. The normalized spacial score (nSPS) is 11.6. The van der Waals surface area contributed by atoms with Crippen LogP contribution < -0.4 is 5.32 Å². The van der Waals surface area contributed by atoms with Crippen molar-refractivity contribution in [3.8, 4) is 0 Å². The van der Waals surface area contributed by atoms with E-state index in [0.29, 0.717) is 5.57 Å². The van der Waals surface area contributed by atoms with Crippen LogP contribution in [0.3, 0.4) is 0 Å². The molecular formula is C9H13NO. The van der Waals surface area contributed by atoms with E-state index in [2.05, 4.69) is 11.9 Å². The first-order valence-corrected chi connectivity index (χ1v) is 3.40. The van der Waals surface area contributed by atoms with Crippen molar-refractivity contribution in [1.82, 2.24) is 5.32 Å². The standard InChI is InChI=1S/C9H13NO/c1-4-5-6-7-8(2)9(11)10-3/h4-7H,1H2,2-3H3,(H,10,11)/b6-5-,8-7+. The molecule has 0 unspecified atom stereocenters. The lowest BCUT2D eigenvalue weighted by molar-refractivity contribution is -0.116. The molecule has 1 amide bonds. The zero-order valence-corrected chi connectivity index (χ0v) is 6.92. The lowest BCUT2D eigenvalue weighted by atomic mass is 10.2. The Hall–Kier alpha value is -1.31. The summed E-state index contributed by atoms with van der Waals surface area (Å²) in [5.41, 5.74) is 0.686. The van der Waals surface area contributed by atoms with Gasteiger partial charge in [0.1, 0.15) is 0 Å². The first-order chi connectivity index (χ1) is 5.22. The van der Waals surface area contributed by atoms with Crippen LogP contribution in [0.1, 0.15) is 6.92 Å². The summed E-state index contributed by atoms with van der Waals surface area (Å²) in [6.45, 7) is 5.26. The number of amides is 1. The summed E-state index contributed by atoms with van der Waals surface area (Å²) in [5, 5.41) is 2.52. The SMILES string of the molecule is C=C/C=C\C=C(/C)C(=O)NC. The molecule has 0 radical (unpaired) electrons. The molecule has 0 bridgehead atoms. The Morgan fingerprint density at radius 1 is 1.45 bits per heavy atom. The first kappa shape index (κ1) is 9.69. The van der Waals surface area contributed by atoms with E-state index in [1.807, 2.05) is 0 Å². The summed E-state index contributed by atoms with van der Waals surface area (Å²) in [5.74, 6) is -0.0567. The molecule has 0 aromatic heterocycles. The Labute approximate surface area is 67.3 Å². The summed E-state index contributed by atoms with van der Waals surface area (Å²) in [4.78, 5) is 10.9. The van der Waals surface area contributed by atoms with Gasteiger partial charge in [0.25, 0.3) is 0 Å². The molecule has 60 valence electrons. The van der Waals surface area contributed by atoms with Crippen molar-refractivity contribution in [3.05, 3.63) is 36.5 Å². The molecular weight excluding hydrogens is 138 g/mol. The van der Waals surface area contributed by atoms with Crippen LogP contribution in [-0.4, -0.2) is 13.0 Å². The van der Waals surface area contributed by atoms with Gasteiger partial charge in [-0.05, 0) is 6.92 Å². The summed E-state index contributed by atoms with van der Waals surface area (Å²) >= 11 is 0. The topological polar surface area (TPSA) is 29.1 Å². The van der Waals surface area contributed by atoms with E-state index >= 15 is 0 Å². The second kappa shape index (κ2) is 5.47. The largest absolute Gasteiger partial charge is 0.355 e. The molecule has 0 aliphatic carbocycles. The zero-order valence-electron chi connectivity index (χ0n) is 6.92. The quantitative estimate of drug-likeness (QED) is 0.479. The summed E-state index contributed by atoms with van der Waals surface area (Å²) < 4.78 is 0. The lowest BCUT2D eigenvalue weighted by Crippen LogP contribution is -2.18. The minimum absolute atomic E-state index is 0.0567. The van der Waals surface area contributed by atoms with Crippen LogP contribution in [0.15, 0.2) is 36.5 Å². The number of hydrogen-bond acceptors (Lipinski definition) is 1. The van der Waals surface area contributed by atoms with E-state index in [9.17, 15) is 4.79 Å². The van der Waals surface area contributed by atoms with Crippen LogP contribution in [0.25, 0.3) is 0 Å². The fraction of sp³-hybridized carbons (Fsp3) is 0.222. The average Bonchev–Trinajstić information content (AvgIpc) is 2.03. The minimum atomic E-state index is -0.0567. The number of nitrogens with one attached hydrogen (secondary N) is 1. The van der Waals surface area contributed by atoms with Crippen LogP contribution in [0.5, 0.6) is 0 Å². The third-order valence-corrected chi connectivity index (χ3v) is 1.18. The average molecular weight is 151 g/mol. The highest BCUT2D eigenvalue weighted by Crippen LogP contribution is 1.91. The summed E-state index contributed by atoms with van der Waals surface area (Å²) in [6, 6.07) is 0. The highest BCUT2D eigenvalue weighted by Gasteiger charge is 1.96. The fourth-order valence-corrected chi connectivity index (χ4v) is 0.551. The van der Waals surface area contributed by atoms with E-state index < -0.39 is 0 Å². The molecule has 1 N–H and O–H groups in total. The number of carbonyl (C=O) groups excluding carboxylic acids is 1. The second-order valence-corrected chi connectivity index (χ2v) is 2.05. The monoisotopic (exact) mass is 151 g/mol. The maximum absolute atomic E-state index is 10.9. The molecule has 0 rings (SSSR count). The summed E-state index contributed by atoms with van der Waals surface area (Å²) in [7, 11) is 1.61. The van der Waals surface area contributed by atoms with E-state index in [4.69, 9.17) is 0 Å².